The zero-order valence-electron chi connectivity index (χ0n) is 22.5. The Morgan fingerprint density at radius 2 is 0.762 bits per heavy atom. The predicted octanol–water partition coefficient (Wildman–Crippen LogP) is 9.29. The summed E-state index contributed by atoms with van der Waals surface area (Å²) in [6, 6.07) is 50.2. The number of nitriles is 2. The number of benzene rings is 6. The quantitative estimate of drug-likeness (QED) is 0.227. The van der Waals surface area contributed by atoms with Gasteiger partial charge in [0.15, 0.2) is 0 Å². The van der Waals surface area contributed by atoms with Crippen LogP contribution < -0.4 is 0 Å². The van der Waals surface area contributed by atoms with Gasteiger partial charge in [0.05, 0.1) is 44.6 Å². The fraction of sp³-hybridized carbons (Fsp3) is 0. The second-order valence-corrected chi connectivity index (χ2v) is 10.4. The van der Waals surface area contributed by atoms with Crippen molar-refractivity contribution in [1.29, 1.82) is 10.5 Å². The molecule has 0 amide bonds. The smallest absolute Gasteiger partial charge is 0.101 e. The third kappa shape index (κ3) is 3.33. The maximum absolute atomic E-state index is 10.1. The molecular weight excluding hydrogens is 512 g/mol. The molecule has 0 aliphatic heterocycles. The molecule has 42 heavy (non-hydrogen) atoms. The molecule has 8 aromatic rings. The Morgan fingerprint density at radius 3 is 1.24 bits per heavy atom. The number of nitrogens with zero attached hydrogens (tertiary/aromatic N) is 4. The van der Waals surface area contributed by atoms with E-state index >= 15 is 0 Å². The number of para-hydroxylation sites is 5. The van der Waals surface area contributed by atoms with Gasteiger partial charge in [0.25, 0.3) is 0 Å². The Balaban J connectivity index is 1.53. The molecule has 2 aromatic heterocycles. The lowest BCUT2D eigenvalue weighted by Gasteiger charge is -2.19. The van der Waals surface area contributed by atoms with Gasteiger partial charge in [-0.1, -0.05) is 91.0 Å². The van der Waals surface area contributed by atoms with Crippen molar-refractivity contribution in [1.82, 2.24) is 9.13 Å². The molecule has 6 aromatic carbocycles. The van der Waals surface area contributed by atoms with Crippen LogP contribution in [0, 0.1) is 22.7 Å². The fourth-order valence-corrected chi connectivity index (χ4v) is 6.43. The molecule has 4 nitrogen and oxygen atoms in total. The molecule has 0 radical (unpaired) electrons. The number of aromatic nitrogens is 2. The van der Waals surface area contributed by atoms with Gasteiger partial charge in [-0.2, -0.15) is 10.5 Å². The Morgan fingerprint density at radius 1 is 0.381 bits per heavy atom. The zero-order valence-corrected chi connectivity index (χ0v) is 22.5. The SMILES string of the molecule is N#Cc1cc(-c2ccccc2-n2c3ccccc3c3ccccc32)c(-n2c3ccccc3c3ccccc32)cc1C#N. The van der Waals surface area contributed by atoms with Crippen LogP contribution in [0.25, 0.3) is 66.1 Å². The lowest BCUT2D eigenvalue weighted by atomic mass is 9.96. The van der Waals surface area contributed by atoms with Crippen LogP contribution in [-0.4, -0.2) is 9.13 Å². The number of hydrogen-bond acceptors (Lipinski definition) is 2. The highest BCUT2D eigenvalue weighted by Crippen LogP contribution is 2.41. The third-order valence-corrected chi connectivity index (χ3v) is 8.21. The first-order valence-electron chi connectivity index (χ1n) is 13.8. The van der Waals surface area contributed by atoms with E-state index in [0.29, 0.717) is 11.1 Å². The van der Waals surface area contributed by atoms with Gasteiger partial charge in [-0.25, -0.2) is 0 Å². The van der Waals surface area contributed by atoms with E-state index in [1.54, 1.807) is 0 Å². The summed E-state index contributed by atoms with van der Waals surface area (Å²) >= 11 is 0. The summed E-state index contributed by atoms with van der Waals surface area (Å²) in [6.07, 6.45) is 0. The molecule has 0 unspecified atom stereocenters. The molecular formula is C38H22N4. The summed E-state index contributed by atoms with van der Waals surface area (Å²) in [5.74, 6) is 0. The van der Waals surface area contributed by atoms with E-state index in [9.17, 15) is 10.5 Å². The van der Waals surface area contributed by atoms with Crippen LogP contribution in [0.15, 0.2) is 133 Å². The summed E-state index contributed by atoms with van der Waals surface area (Å²) in [5.41, 5.74) is 8.74. The van der Waals surface area contributed by atoms with Crippen LogP contribution >= 0.6 is 0 Å². The molecule has 0 aliphatic carbocycles. The van der Waals surface area contributed by atoms with Crippen LogP contribution in [0.4, 0.5) is 0 Å². The van der Waals surface area contributed by atoms with E-state index in [1.807, 2.05) is 30.3 Å². The Hall–Kier alpha value is -6.10. The highest BCUT2D eigenvalue weighted by atomic mass is 15.0. The first-order valence-corrected chi connectivity index (χ1v) is 13.8. The van der Waals surface area contributed by atoms with Crippen LogP contribution in [0.2, 0.25) is 0 Å². The molecule has 0 atom stereocenters. The van der Waals surface area contributed by atoms with Gasteiger partial charge in [0.2, 0.25) is 0 Å². The molecule has 194 valence electrons. The minimum atomic E-state index is 0.354. The van der Waals surface area contributed by atoms with Crippen LogP contribution in [-0.2, 0) is 0 Å². The summed E-state index contributed by atoms with van der Waals surface area (Å²) in [7, 11) is 0. The Bertz CT molecular complexity index is 2340. The first kappa shape index (κ1) is 23.8. The van der Waals surface area contributed by atoms with Gasteiger partial charge in [-0.3, -0.25) is 0 Å². The topological polar surface area (TPSA) is 57.4 Å². The van der Waals surface area contributed by atoms with E-state index in [0.717, 1.165) is 55.3 Å². The van der Waals surface area contributed by atoms with Crippen molar-refractivity contribution in [3.8, 4) is 34.6 Å². The highest BCUT2D eigenvalue weighted by molar-refractivity contribution is 6.11. The second-order valence-electron chi connectivity index (χ2n) is 10.4. The van der Waals surface area contributed by atoms with Crippen LogP contribution in [0.3, 0.4) is 0 Å². The Kier molecular flexibility index (Phi) is 5.22. The molecule has 0 fully saturated rings. The van der Waals surface area contributed by atoms with Crippen molar-refractivity contribution in [2.24, 2.45) is 0 Å². The van der Waals surface area contributed by atoms with Crippen molar-refractivity contribution in [3.63, 3.8) is 0 Å². The van der Waals surface area contributed by atoms with E-state index in [-0.39, 0.29) is 0 Å². The molecule has 0 bridgehead atoms. The minimum Gasteiger partial charge on any atom is -0.309 e. The standard InChI is InChI=1S/C38H22N4/c39-23-25-21-32(38(22-26(25)24-40)42-35-18-8-3-13-29(35)30-14-4-9-19-36(30)42)31-15-5-10-20-37(31)41-33-16-6-1-11-27(33)28-12-2-7-17-34(28)41/h1-22H. The van der Waals surface area contributed by atoms with Gasteiger partial charge in [-0.05, 0) is 42.5 Å². The van der Waals surface area contributed by atoms with Crippen molar-refractivity contribution in [2.45, 2.75) is 0 Å². The molecule has 0 aliphatic rings. The number of hydrogen-bond donors (Lipinski definition) is 0. The first-order chi connectivity index (χ1) is 20.8. The summed E-state index contributed by atoms with van der Waals surface area (Å²) in [4.78, 5) is 0. The van der Waals surface area contributed by atoms with Gasteiger partial charge < -0.3 is 9.13 Å². The monoisotopic (exact) mass is 534 g/mol. The van der Waals surface area contributed by atoms with Crippen molar-refractivity contribution in [3.05, 3.63) is 145 Å². The molecule has 4 heteroatoms. The van der Waals surface area contributed by atoms with Crippen LogP contribution in [0.5, 0.6) is 0 Å². The van der Waals surface area contributed by atoms with Gasteiger partial charge >= 0.3 is 0 Å². The summed E-state index contributed by atoms with van der Waals surface area (Å²) < 4.78 is 4.53. The van der Waals surface area contributed by atoms with E-state index in [1.165, 1.54) is 10.8 Å². The Labute approximate surface area is 242 Å². The van der Waals surface area contributed by atoms with E-state index < -0.39 is 0 Å². The average molecular weight is 535 g/mol. The fourth-order valence-electron chi connectivity index (χ4n) is 6.43. The van der Waals surface area contributed by atoms with Gasteiger partial charge in [-0.15, -0.1) is 0 Å². The van der Waals surface area contributed by atoms with Crippen molar-refractivity contribution >= 4 is 43.6 Å². The third-order valence-electron chi connectivity index (χ3n) is 8.21. The second kappa shape index (κ2) is 9.24. The summed E-state index contributed by atoms with van der Waals surface area (Å²) in [5, 5.41) is 24.8. The molecule has 0 N–H and O–H groups in total. The zero-order chi connectivity index (χ0) is 28.2. The average Bonchev–Trinajstić information content (AvgIpc) is 3.57. The van der Waals surface area contributed by atoms with Crippen molar-refractivity contribution < 1.29 is 0 Å². The largest absolute Gasteiger partial charge is 0.309 e. The number of fused-ring (bicyclic) bond motifs is 6. The summed E-state index contributed by atoms with van der Waals surface area (Å²) in [6.45, 7) is 0. The molecule has 0 spiro atoms. The minimum absolute atomic E-state index is 0.354. The lowest BCUT2D eigenvalue weighted by molar-refractivity contribution is 1.16. The normalized spacial score (nSPS) is 11.3. The van der Waals surface area contributed by atoms with Gasteiger partial charge in [0, 0.05) is 32.7 Å². The molecule has 2 heterocycles. The lowest BCUT2D eigenvalue weighted by Crippen LogP contribution is -2.03. The molecule has 0 saturated carbocycles. The highest BCUT2D eigenvalue weighted by Gasteiger charge is 2.21. The van der Waals surface area contributed by atoms with Crippen molar-refractivity contribution in [2.75, 3.05) is 0 Å². The molecule has 8 rings (SSSR count). The van der Waals surface area contributed by atoms with E-state index in [2.05, 4.69) is 124 Å². The predicted molar refractivity (Wildman–Crippen MR) is 170 cm³/mol. The van der Waals surface area contributed by atoms with E-state index in [4.69, 9.17) is 0 Å². The maximum atomic E-state index is 10.1. The van der Waals surface area contributed by atoms with Crippen LogP contribution in [0.1, 0.15) is 11.1 Å². The van der Waals surface area contributed by atoms with Gasteiger partial charge in [0.1, 0.15) is 12.1 Å². The molecule has 0 saturated heterocycles. The maximum Gasteiger partial charge on any atom is 0.101 e. The number of rotatable bonds is 3.